The van der Waals surface area contributed by atoms with Crippen LogP contribution in [0.2, 0.25) is 0 Å². The van der Waals surface area contributed by atoms with Crippen LogP contribution in [-0.4, -0.2) is 105 Å². The minimum absolute atomic E-state index is 0.135. The van der Waals surface area contributed by atoms with Crippen LogP contribution >= 0.6 is 70.6 Å². The molecule has 0 unspecified atom stereocenters. The molecule has 0 aliphatic rings. The number of esters is 6. The highest BCUT2D eigenvalue weighted by atomic mass is 32.2. The highest BCUT2D eigenvalue weighted by Crippen LogP contribution is 2.59. The third-order valence-corrected chi connectivity index (χ3v) is 15.3. The van der Waals surface area contributed by atoms with Gasteiger partial charge in [0.05, 0.1) is 34.5 Å². The lowest BCUT2D eigenvalue weighted by Crippen LogP contribution is -2.23. The predicted molar refractivity (Wildman–Crippen MR) is 281 cm³/mol. The standard InChI is InChI=1S/C48H78O12S6/c1-7-13-19-25-61-31-37(49)55-43-44(56-38(50)32-62-26-20-14-8-2)46(58-40(52)34-64-28-22-16-10-4)48(60-42(54)36-66-30-24-18-12-6)47(59-41(53)35-65-29-23-17-11-5)45(43)57-39(51)33-63-27-21-15-9-3/h7-36H2,1-6H3. The van der Waals surface area contributed by atoms with Crippen molar-refractivity contribution in [3.8, 4) is 34.5 Å². The molecule has 1 aromatic rings. The molecule has 0 aromatic heterocycles. The van der Waals surface area contributed by atoms with Crippen molar-refractivity contribution in [2.24, 2.45) is 0 Å². The topological polar surface area (TPSA) is 158 Å². The summed E-state index contributed by atoms with van der Waals surface area (Å²) in [7, 11) is 0. The van der Waals surface area contributed by atoms with Gasteiger partial charge in [-0.3, -0.25) is 28.8 Å². The Bertz CT molecular complexity index is 1240. The summed E-state index contributed by atoms with van der Waals surface area (Å²) in [5.74, 6) is -5.29. The van der Waals surface area contributed by atoms with Gasteiger partial charge in [-0.2, -0.15) is 70.6 Å². The third-order valence-electron chi connectivity index (χ3n) is 9.21. The van der Waals surface area contributed by atoms with Crippen molar-refractivity contribution in [3.63, 3.8) is 0 Å². The van der Waals surface area contributed by atoms with Crippen LogP contribution in [0.5, 0.6) is 34.5 Å². The molecule has 0 heterocycles. The van der Waals surface area contributed by atoms with Crippen molar-refractivity contribution in [2.75, 3.05) is 69.0 Å². The van der Waals surface area contributed by atoms with Gasteiger partial charge in [0.25, 0.3) is 0 Å². The van der Waals surface area contributed by atoms with E-state index in [0.717, 1.165) is 116 Å². The number of hydrogen-bond acceptors (Lipinski definition) is 18. The molecule has 0 radical (unpaired) electrons. The van der Waals surface area contributed by atoms with E-state index >= 15 is 0 Å². The molecule has 0 amide bonds. The van der Waals surface area contributed by atoms with Gasteiger partial charge >= 0.3 is 35.8 Å². The lowest BCUT2D eigenvalue weighted by molar-refractivity contribution is -0.137. The van der Waals surface area contributed by atoms with Crippen LogP contribution in [0.3, 0.4) is 0 Å². The van der Waals surface area contributed by atoms with E-state index in [1.165, 1.54) is 70.6 Å². The summed E-state index contributed by atoms with van der Waals surface area (Å²) < 4.78 is 36.0. The Hall–Kier alpha value is -1.86. The number of rotatable bonds is 42. The zero-order chi connectivity index (χ0) is 48.6. The molecular formula is C48H78O12S6. The fourth-order valence-electron chi connectivity index (χ4n) is 5.69. The highest BCUT2D eigenvalue weighted by molar-refractivity contribution is 8.01. The molecule has 0 bridgehead atoms. The monoisotopic (exact) mass is 1040 g/mol. The number of thioether (sulfide) groups is 6. The average Bonchev–Trinajstić information content (AvgIpc) is 3.29. The molecule has 66 heavy (non-hydrogen) atoms. The first kappa shape index (κ1) is 62.2. The molecule has 0 aliphatic heterocycles. The molecule has 0 saturated carbocycles. The zero-order valence-electron chi connectivity index (χ0n) is 40.6. The van der Waals surface area contributed by atoms with Gasteiger partial charge in [-0.1, -0.05) is 119 Å². The van der Waals surface area contributed by atoms with Crippen molar-refractivity contribution < 1.29 is 57.2 Å². The minimum atomic E-state index is -0.797. The Balaban J connectivity index is 4.24. The normalized spacial score (nSPS) is 11.0. The largest absolute Gasteiger partial charge is 0.418 e. The maximum absolute atomic E-state index is 13.8. The molecule has 0 N–H and O–H groups in total. The summed E-state index contributed by atoms with van der Waals surface area (Å²) >= 11 is 8.00. The van der Waals surface area contributed by atoms with Crippen molar-refractivity contribution >= 4 is 106 Å². The molecule has 0 atom stereocenters. The molecule has 0 fully saturated rings. The van der Waals surface area contributed by atoms with Crippen LogP contribution in [0.1, 0.15) is 157 Å². The van der Waals surface area contributed by atoms with Gasteiger partial charge < -0.3 is 28.4 Å². The Labute approximate surface area is 421 Å². The van der Waals surface area contributed by atoms with E-state index in [1.54, 1.807) is 0 Å². The van der Waals surface area contributed by atoms with Crippen LogP contribution < -0.4 is 28.4 Å². The first-order chi connectivity index (χ1) is 32.1. The fraction of sp³-hybridized carbons (Fsp3) is 0.750. The van der Waals surface area contributed by atoms with E-state index in [1.807, 2.05) is 0 Å². The van der Waals surface area contributed by atoms with Crippen molar-refractivity contribution in [1.29, 1.82) is 0 Å². The maximum Gasteiger partial charge on any atom is 0.321 e. The van der Waals surface area contributed by atoms with Crippen LogP contribution in [0.25, 0.3) is 0 Å². The highest BCUT2D eigenvalue weighted by Gasteiger charge is 2.38. The van der Waals surface area contributed by atoms with E-state index in [0.29, 0.717) is 34.5 Å². The molecule has 1 aromatic carbocycles. The molecule has 1 rings (SSSR count). The average molecular weight is 1040 g/mol. The Morgan fingerprint density at radius 1 is 0.258 bits per heavy atom. The quantitative estimate of drug-likeness (QED) is 0.0345. The van der Waals surface area contributed by atoms with Crippen molar-refractivity contribution in [1.82, 2.24) is 0 Å². The zero-order valence-corrected chi connectivity index (χ0v) is 45.5. The van der Waals surface area contributed by atoms with Crippen molar-refractivity contribution in [2.45, 2.75) is 157 Å². The second-order valence-electron chi connectivity index (χ2n) is 15.4. The van der Waals surface area contributed by atoms with E-state index in [-0.39, 0.29) is 34.5 Å². The summed E-state index contributed by atoms with van der Waals surface area (Å²) in [5.41, 5.74) is 0. The van der Waals surface area contributed by atoms with E-state index < -0.39 is 70.3 Å². The summed E-state index contributed by atoms with van der Waals surface area (Å²) in [6.07, 6.45) is 17.0. The van der Waals surface area contributed by atoms with Gasteiger partial charge in [0.2, 0.25) is 34.5 Å². The van der Waals surface area contributed by atoms with Crippen LogP contribution in [0, 0.1) is 0 Å². The maximum atomic E-state index is 13.8. The van der Waals surface area contributed by atoms with Crippen LogP contribution in [0.4, 0.5) is 0 Å². The van der Waals surface area contributed by atoms with Gasteiger partial charge in [0.15, 0.2) is 0 Å². The second kappa shape index (κ2) is 42.1. The third kappa shape index (κ3) is 29.9. The first-order valence-corrected chi connectivity index (χ1v) is 30.9. The fourth-order valence-corrected chi connectivity index (χ4v) is 10.4. The van der Waals surface area contributed by atoms with E-state index in [4.69, 9.17) is 28.4 Å². The van der Waals surface area contributed by atoms with Crippen LogP contribution in [0.15, 0.2) is 0 Å². The Morgan fingerprint density at radius 3 is 0.515 bits per heavy atom. The summed E-state index contributed by atoms with van der Waals surface area (Å²) in [5, 5.41) is 0. The molecule has 18 heteroatoms. The number of hydrogen-bond donors (Lipinski definition) is 0. The predicted octanol–water partition coefficient (Wildman–Crippen LogP) is 12.7. The number of benzene rings is 1. The number of carbonyl (C=O) groups excluding carboxylic acids is 6. The van der Waals surface area contributed by atoms with Gasteiger partial charge in [-0.25, -0.2) is 0 Å². The molecule has 378 valence electrons. The molecule has 12 nitrogen and oxygen atoms in total. The molecule has 0 saturated heterocycles. The smallest absolute Gasteiger partial charge is 0.321 e. The van der Waals surface area contributed by atoms with Crippen molar-refractivity contribution in [3.05, 3.63) is 0 Å². The summed E-state index contributed by atoms with van der Waals surface area (Å²) in [4.78, 5) is 82.8. The lowest BCUT2D eigenvalue weighted by Gasteiger charge is -2.23. The minimum Gasteiger partial charge on any atom is -0.418 e. The SMILES string of the molecule is CCCCCSCC(=O)Oc1c(OC(=O)CSCCCCC)c(OC(=O)CSCCCCC)c(OC(=O)CSCCCCC)c(OC(=O)CSCCCCC)c1OC(=O)CSCCCCC. The summed E-state index contributed by atoms with van der Waals surface area (Å²) in [6.45, 7) is 12.5. The van der Waals surface area contributed by atoms with Gasteiger partial charge in [-0.05, 0) is 73.0 Å². The Kier molecular flexibility index (Phi) is 39.6. The number of carbonyl (C=O) groups is 6. The van der Waals surface area contributed by atoms with E-state index in [2.05, 4.69) is 41.5 Å². The Morgan fingerprint density at radius 2 is 0.394 bits per heavy atom. The molecule has 0 spiro atoms. The number of unbranched alkanes of at least 4 members (excludes halogenated alkanes) is 12. The van der Waals surface area contributed by atoms with Gasteiger partial charge in [0.1, 0.15) is 0 Å². The van der Waals surface area contributed by atoms with Crippen LogP contribution in [-0.2, 0) is 28.8 Å². The van der Waals surface area contributed by atoms with Gasteiger partial charge in [0, 0.05) is 0 Å². The first-order valence-electron chi connectivity index (χ1n) is 24.0. The van der Waals surface area contributed by atoms with Gasteiger partial charge in [-0.15, -0.1) is 0 Å². The number of ether oxygens (including phenoxy) is 6. The lowest BCUT2D eigenvalue weighted by atomic mass is 10.2. The summed E-state index contributed by atoms with van der Waals surface area (Å²) in [6, 6.07) is 0. The second-order valence-corrected chi connectivity index (χ2v) is 22.0. The van der Waals surface area contributed by atoms with E-state index in [9.17, 15) is 28.8 Å². The molecule has 0 aliphatic carbocycles. The molecular weight excluding hydrogens is 961 g/mol.